The van der Waals surface area contributed by atoms with Crippen molar-refractivity contribution >= 4 is 5.97 Å². The van der Waals surface area contributed by atoms with E-state index in [1.807, 2.05) is 6.92 Å². The van der Waals surface area contributed by atoms with Crippen molar-refractivity contribution in [2.45, 2.75) is 19.4 Å². The van der Waals surface area contributed by atoms with Gasteiger partial charge in [0.15, 0.2) is 0 Å². The molecule has 1 aromatic rings. The Morgan fingerprint density at radius 2 is 2.38 bits per heavy atom. The second-order valence-corrected chi connectivity index (χ2v) is 3.55. The fourth-order valence-electron chi connectivity index (χ4n) is 1.80. The zero-order valence-corrected chi connectivity index (χ0v) is 7.24. The van der Waals surface area contributed by atoms with Crippen molar-refractivity contribution in [3.05, 3.63) is 23.0 Å². The van der Waals surface area contributed by atoms with Gasteiger partial charge in [-0.3, -0.25) is 0 Å². The molecule has 0 unspecified atom stereocenters. The number of hydrogen-bond donors (Lipinski definition) is 3. The van der Waals surface area contributed by atoms with Crippen molar-refractivity contribution in [1.82, 2.24) is 4.98 Å². The van der Waals surface area contributed by atoms with Crippen molar-refractivity contribution in [3.8, 4) is 0 Å². The number of carbonyl (C=O) groups is 1. The highest BCUT2D eigenvalue weighted by molar-refractivity contribution is 5.86. The first-order chi connectivity index (χ1) is 6.09. The Labute approximate surface area is 75.2 Å². The average Bonchev–Trinajstić information content (AvgIpc) is 2.55. The van der Waals surface area contributed by atoms with Gasteiger partial charge in [0.1, 0.15) is 5.69 Å². The van der Waals surface area contributed by atoms with Gasteiger partial charge in [-0.05, 0) is 24.0 Å². The number of aromatic carboxylic acids is 1. The lowest BCUT2D eigenvalue weighted by atomic mass is 10.1. The Balaban J connectivity index is 2.40. The smallest absolute Gasteiger partial charge is 0.352 e. The first-order valence-corrected chi connectivity index (χ1v) is 4.22. The van der Waals surface area contributed by atoms with Crippen LogP contribution >= 0.6 is 0 Å². The molecular weight excluding hydrogens is 170 g/mol. The van der Waals surface area contributed by atoms with Crippen LogP contribution in [0.4, 0.5) is 0 Å². The summed E-state index contributed by atoms with van der Waals surface area (Å²) in [6.07, 6.45) is 0.211. The minimum atomic E-state index is -0.978. The lowest BCUT2D eigenvalue weighted by Crippen LogP contribution is -2.05. The van der Waals surface area contributed by atoms with E-state index in [9.17, 15) is 9.90 Å². The Bertz CT molecular complexity index is 356. The lowest BCUT2D eigenvalue weighted by Gasteiger charge is -2.07. The van der Waals surface area contributed by atoms with Gasteiger partial charge in [-0.15, -0.1) is 0 Å². The Hall–Kier alpha value is -1.29. The number of H-pyrrole nitrogens is 1. The molecule has 0 spiro atoms. The number of aromatic amines is 1. The summed E-state index contributed by atoms with van der Waals surface area (Å²) in [5.74, 6) is -0.793. The maximum atomic E-state index is 10.6. The molecule has 1 aromatic heterocycles. The van der Waals surface area contributed by atoms with E-state index in [2.05, 4.69) is 4.98 Å². The topological polar surface area (TPSA) is 73.3 Å². The van der Waals surface area contributed by atoms with E-state index in [1.54, 1.807) is 6.07 Å². The summed E-state index contributed by atoms with van der Waals surface area (Å²) in [7, 11) is 0. The number of fused-ring (bicyclic) bond motifs is 1. The van der Waals surface area contributed by atoms with Gasteiger partial charge in [-0.2, -0.15) is 0 Å². The zero-order valence-electron chi connectivity index (χ0n) is 7.24. The van der Waals surface area contributed by atoms with Crippen LogP contribution in [-0.4, -0.2) is 21.2 Å². The summed E-state index contributed by atoms with van der Waals surface area (Å²) in [6, 6.07) is 1.60. The second kappa shape index (κ2) is 2.60. The summed E-state index contributed by atoms with van der Waals surface area (Å²) in [6.45, 7) is 1.94. The monoisotopic (exact) mass is 181 g/mol. The van der Waals surface area contributed by atoms with Gasteiger partial charge in [0, 0.05) is 5.69 Å². The van der Waals surface area contributed by atoms with Crippen molar-refractivity contribution < 1.29 is 15.0 Å². The van der Waals surface area contributed by atoms with E-state index in [1.165, 1.54) is 0 Å². The number of carboxylic acids is 1. The molecule has 0 saturated heterocycles. The van der Waals surface area contributed by atoms with Crippen LogP contribution in [0.2, 0.25) is 0 Å². The van der Waals surface area contributed by atoms with Crippen LogP contribution in [0, 0.1) is 5.92 Å². The number of hydrogen-bond acceptors (Lipinski definition) is 2. The second-order valence-electron chi connectivity index (χ2n) is 3.55. The molecule has 1 aliphatic carbocycles. The highest BCUT2D eigenvalue weighted by atomic mass is 16.4. The highest BCUT2D eigenvalue weighted by Gasteiger charge is 2.30. The van der Waals surface area contributed by atoms with E-state index >= 15 is 0 Å². The van der Waals surface area contributed by atoms with E-state index in [4.69, 9.17) is 5.11 Å². The molecule has 4 heteroatoms. The van der Waals surface area contributed by atoms with Gasteiger partial charge in [0.05, 0.1) is 6.10 Å². The molecule has 70 valence electrons. The largest absolute Gasteiger partial charge is 0.477 e. The summed E-state index contributed by atoms with van der Waals surface area (Å²) >= 11 is 0. The number of aliphatic hydroxyl groups is 1. The summed E-state index contributed by atoms with van der Waals surface area (Å²) in [4.78, 5) is 13.3. The molecule has 1 aliphatic rings. The van der Waals surface area contributed by atoms with Gasteiger partial charge in [-0.25, -0.2) is 4.79 Å². The molecule has 0 aromatic carbocycles. The van der Waals surface area contributed by atoms with Gasteiger partial charge < -0.3 is 15.2 Å². The molecule has 0 amide bonds. The molecule has 0 bridgehead atoms. The van der Waals surface area contributed by atoms with Crippen LogP contribution in [-0.2, 0) is 6.42 Å². The Morgan fingerprint density at radius 3 is 2.92 bits per heavy atom. The molecule has 2 atom stereocenters. The first kappa shape index (κ1) is 8.31. The van der Waals surface area contributed by atoms with E-state index in [0.29, 0.717) is 5.69 Å². The quantitative estimate of drug-likeness (QED) is 0.603. The van der Waals surface area contributed by atoms with Crippen LogP contribution in [0.1, 0.15) is 34.8 Å². The number of nitrogens with one attached hydrogen (secondary N) is 1. The molecule has 13 heavy (non-hydrogen) atoms. The van der Waals surface area contributed by atoms with E-state index in [0.717, 1.165) is 12.0 Å². The molecular formula is C9H11NO3. The lowest BCUT2D eigenvalue weighted by molar-refractivity contribution is 0.0689. The van der Waals surface area contributed by atoms with Crippen LogP contribution in [0.5, 0.6) is 0 Å². The van der Waals surface area contributed by atoms with Crippen molar-refractivity contribution in [2.24, 2.45) is 5.92 Å². The number of aliphatic hydroxyl groups excluding tert-OH is 1. The first-order valence-electron chi connectivity index (χ1n) is 4.22. The van der Waals surface area contributed by atoms with E-state index in [-0.39, 0.29) is 11.6 Å². The molecule has 0 fully saturated rings. The predicted molar refractivity (Wildman–Crippen MR) is 45.6 cm³/mol. The highest BCUT2D eigenvalue weighted by Crippen LogP contribution is 2.35. The molecule has 2 rings (SSSR count). The van der Waals surface area contributed by atoms with Crippen molar-refractivity contribution in [1.29, 1.82) is 0 Å². The van der Waals surface area contributed by atoms with Gasteiger partial charge in [0.2, 0.25) is 0 Å². The predicted octanol–water partition coefficient (Wildman–Crippen LogP) is 0.938. The van der Waals surface area contributed by atoms with Crippen LogP contribution in [0.3, 0.4) is 0 Å². The summed E-state index contributed by atoms with van der Waals surface area (Å²) < 4.78 is 0. The van der Waals surface area contributed by atoms with Gasteiger partial charge >= 0.3 is 5.97 Å². The Morgan fingerprint density at radius 1 is 1.69 bits per heavy atom. The standard InChI is InChI=1S/C9H11NO3/c1-4-2-5-3-6(9(12)13)10-7(5)8(4)11/h3-4,8,10-11H,2H2,1H3,(H,12,13)/t4-,8-/m1/s1. The molecule has 0 saturated carbocycles. The third kappa shape index (κ3) is 1.14. The molecule has 3 N–H and O–H groups in total. The summed E-state index contributed by atoms with van der Waals surface area (Å²) in [5.41, 5.74) is 1.76. The zero-order chi connectivity index (χ0) is 9.59. The molecule has 0 aliphatic heterocycles. The normalized spacial score (nSPS) is 26.0. The molecule has 1 heterocycles. The maximum Gasteiger partial charge on any atom is 0.352 e. The van der Waals surface area contributed by atoms with Crippen LogP contribution < -0.4 is 0 Å². The third-order valence-electron chi connectivity index (χ3n) is 2.54. The minimum absolute atomic E-state index is 0.163. The summed E-state index contributed by atoms with van der Waals surface area (Å²) in [5, 5.41) is 18.3. The van der Waals surface area contributed by atoms with Crippen molar-refractivity contribution in [2.75, 3.05) is 0 Å². The van der Waals surface area contributed by atoms with Crippen LogP contribution in [0.15, 0.2) is 6.07 Å². The third-order valence-corrected chi connectivity index (χ3v) is 2.54. The fourth-order valence-corrected chi connectivity index (χ4v) is 1.80. The van der Waals surface area contributed by atoms with Gasteiger partial charge in [-0.1, -0.05) is 6.92 Å². The number of aromatic nitrogens is 1. The fraction of sp³-hybridized carbons (Fsp3) is 0.444. The van der Waals surface area contributed by atoms with E-state index < -0.39 is 12.1 Å². The number of rotatable bonds is 1. The number of carboxylic acid groups (broad SMARTS) is 1. The molecule has 0 radical (unpaired) electrons. The minimum Gasteiger partial charge on any atom is -0.477 e. The van der Waals surface area contributed by atoms with Gasteiger partial charge in [0.25, 0.3) is 0 Å². The van der Waals surface area contributed by atoms with Crippen LogP contribution in [0.25, 0.3) is 0 Å². The maximum absolute atomic E-state index is 10.6. The SMILES string of the molecule is C[C@@H]1Cc2cc(C(=O)O)[nH]c2[C@@H]1O. The van der Waals surface area contributed by atoms with Crippen molar-refractivity contribution in [3.63, 3.8) is 0 Å². The Kier molecular flexibility index (Phi) is 1.66. The molecule has 4 nitrogen and oxygen atoms in total. The average molecular weight is 181 g/mol.